The Hall–Kier alpha value is -1.30. The highest BCUT2D eigenvalue weighted by Gasteiger charge is 2.28. The van der Waals surface area contributed by atoms with Crippen LogP contribution in [0.15, 0.2) is 0 Å². The van der Waals surface area contributed by atoms with Crippen molar-refractivity contribution in [3.05, 3.63) is 0 Å². The van der Waals surface area contributed by atoms with E-state index >= 15 is 0 Å². The maximum atomic E-state index is 12.0. The Bertz CT molecular complexity index is 287. The Labute approximate surface area is 101 Å². The lowest BCUT2D eigenvalue weighted by Crippen LogP contribution is -2.50. The summed E-state index contributed by atoms with van der Waals surface area (Å²) in [5.41, 5.74) is 0. The zero-order valence-corrected chi connectivity index (χ0v) is 10.5. The number of piperidine rings is 1. The van der Waals surface area contributed by atoms with Gasteiger partial charge in [0.2, 0.25) is 0 Å². The quantitative estimate of drug-likeness (QED) is 0.790. The van der Waals surface area contributed by atoms with Crippen molar-refractivity contribution in [2.45, 2.75) is 31.9 Å². The van der Waals surface area contributed by atoms with E-state index in [0.717, 1.165) is 12.8 Å². The van der Waals surface area contributed by atoms with Gasteiger partial charge in [-0.25, -0.2) is 9.59 Å². The van der Waals surface area contributed by atoms with Crippen LogP contribution < -0.4 is 0 Å². The molecule has 0 aromatic heterocycles. The molecule has 1 rings (SSSR count). The average molecular weight is 244 g/mol. The van der Waals surface area contributed by atoms with Crippen LogP contribution in [-0.4, -0.2) is 66.3 Å². The molecule has 0 radical (unpaired) electrons. The van der Waals surface area contributed by atoms with Crippen LogP contribution in [0.3, 0.4) is 0 Å². The second-order valence-corrected chi connectivity index (χ2v) is 4.33. The molecule has 2 amide bonds. The first kappa shape index (κ1) is 13.8. The Morgan fingerprint density at radius 3 is 2.35 bits per heavy atom. The van der Waals surface area contributed by atoms with Gasteiger partial charge in [0.15, 0.2) is 0 Å². The molecule has 98 valence electrons. The molecular weight excluding hydrogens is 224 g/mol. The van der Waals surface area contributed by atoms with Crippen molar-refractivity contribution >= 4 is 12.0 Å². The third-order valence-corrected chi connectivity index (χ3v) is 3.29. The first-order chi connectivity index (χ1) is 7.97. The molecule has 1 fully saturated rings. The Balaban J connectivity index is 2.51. The Morgan fingerprint density at radius 1 is 1.41 bits per heavy atom. The number of likely N-dealkylation sites (N-methyl/N-ethyl adjacent to an activating group) is 1. The fourth-order valence-corrected chi connectivity index (χ4v) is 1.84. The number of likely N-dealkylation sites (tertiary alicyclic amines) is 1. The minimum Gasteiger partial charge on any atom is -0.480 e. The molecule has 0 saturated carbocycles. The number of methoxy groups -OCH3 is 1. The van der Waals surface area contributed by atoms with Crippen LogP contribution in [0.2, 0.25) is 0 Å². The van der Waals surface area contributed by atoms with Crippen LogP contribution in [0, 0.1) is 0 Å². The predicted octanol–water partition coefficient (Wildman–Crippen LogP) is 0.622. The van der Waals surface area contributed by atoms with Gasteiger partial charge in [0.1, 0.15) is 6.04 Å². The summed E-state index contributed by atoms with van der Waals surface area (Å²) in [5, 5.41) is 8.85. The Kier molecular flexibility index (Phi) is 4.74. The molecule has 0 bridgehead atoms. The summed E-state index contributed by atoms with van der Waals surface area (Å²) in [4.78, 5) is 25.7. The molecule has 1 saturated heterocycles. The number of carboxylic acids is 1. The highest BCUT2D eigenvalue weighted by atomic mass is 16.5. The lowest BCUT2D eigenvalue weighted by molar-refractivity contribution is -0.141. The molecule has 1 heterocycles. The van der Waals surface area contributed by atoms with E-state index in [1.807, 2.05) is 0 Å². The van der Waals surface area contributed by atoms with Gasteiger partial charge in [-0.3, -0.25) is 0 Å². The van der Waals surface area contributed by atoms with Gasteiger partial charge >= 0.3 is 12.0 Å². The predicted molar refractivity (Wildman–Crippen MR) is 61.9 cm³/mol. The molecule has 6 heteroatoms. The minimum absolute atomic E-state index is 0.209. The standard InChI is InChI=1S/C11H20N2O4/c1-8(10(14)15)12(2)11(16)13-6-4-9(17-3)5-7-13/h8-9H,4-7H2,1-3H3,(H,14,15). The molecule has 1 aliphatic heterocycles. The van der Waals surface area contributed by atoms with Gasteiger partial charge < -0.3 is 19.6 Å². The molecule has 0 spiro atoms. The molecule has 17 heavy (non-hydrogen) atoms. The minimum atomic E-state index is -0.993. The number of carbonyl (C=O) groups is 2. The highest BCUT2D eigenvalue weighted by molar-refractivity contribution is 5.82. The normalized spacial score (nSPS) is 18.9. The zero-order chi connectivity index (χ0) is 13.0. The van der Waals surface area contributed by atoms with Crippen LogP contribution in [-0.2, 0) is 9.53 Å². The number of nitrogens with zero attached hydrogens (tertiary/aromatic N) is 2. The number of carboxylic acid groups (broad SMARTS) is 1. The van der Waals surface area contributed by atoms with Crippen LogP contribution in [0.4, 0.5) is 4.79 Å². The topological polar surface area (TPSA) is 70.1 Å². The number of carbonyl (C=O) groups excluding carboxylic acids is 1. The van der Waals surface area contributed by atoms with Gasteiger partial charge in [-0.1, -0.05) is 0 Å². The van der Waals surface area contributed by atoms with Gasteiger partial charge in [0.25, 0.3) is 0 Å². The van der Waals surface area contributed by atoms with E-state index in [1.54, 1.807) is 12.0 Å². The van der Waals surface area contributed by atoms with Gasteiger partial charge in [0, 0.05) is 27.2 Å². The van der Waals surface area contributed by atoms with Crippen molar-refractivity contribution in [3.8, 4) is 0 Å². The molecule has 0 aromatic carbocycles. The van der Waals surface area contributed by atoms with Gasteiger partial charge in [0.05, 0.1) is 6.10 Å². The van der Waals surface area contributed by atoms with Crippen LogP contribution >= 0.6 is 0 Å². The summed E-state index contributed by atoms with van der Waals surface area (Å²) >= 11 is 0. The van der Waals surface area contributed by atoms with E-state index in [-0.39, 0.29) is 12.1 Å². The van der Waals surface area contributed by atoms with Crippen molar-refractivity contribution in [2.24, 2.45) is 0 Å². The molecule has 1 aliphatic rings. The summed E-state index contributed by atoms with van der Waals surface area (Å²) in [5.74, 6) is -0.993. The largest absolute Gasteiger partial charge is 0.480 e. The molecule has 0 aliphatic carbocycles. The fourth-order valence-electron chi connectivity index (χ4n) is 1.84. The molecule has 1 N–H and O–H groups in total. The molecule has 6 nitrogen and oxygen atoms in total. The molecule has 1 unspecified atom stereocenters. The second-order valence-electron chi connectivity index (χ2n) is 4.33. The first-order valence-electron chi connectivity index (χ1n) is 5.74. The lowest BCUT2D eigenvalue weighted by atomic mass is 10.1. The van der Waals surface area contributed by atoms with Crippen molar-refractivity contribution in [1.29, 1.82) is 0 Å². The fraction of sp³-hybridized carbons (Fsp3) is 0.818. The van der Waals surface area contributed by atoms with E-state index in [0.29, 0.717) is 13.1 Å². The first-order valence-corrected chi connectivity index (χ1v) is 5.74. The third kappa shape index (κ3) is 3.33. The van der Waals surface area contributed by atoms with E-state index in [1.165, 1.54) is 18.9 Å². The van der Waals surface area contributed by atoms with Gasteiger partial charge in [-0.15, -0.1) is 0 Å². The van der Waals surface area contributed by atoms with Crippen molar-refractivity contribution in [2.75, 3.05) is 27.2 Å². The van der Waals surface area contributed by atoms with E-state index < -0.39 is 12.0 Å². The number of aliphatic carboxylic acids is 1. The highest BCUT2D eigenvalue weighted by Crippen LogP contribution is 2.14. The summed E-state index contributed by atoms with van der Waals surface area (Å²) in [6.07, 6.45) is 1.82. The monoisotopic (exact) mass is 244 g/mol. The number of ether oxygens (including phenoxy) is 1. The summed E-state index contributed by atoms with van der Waals surface area (Å²) in [7, 11) is 3.18. The number of amides is 2. The van der Waals surface area contributed by atoms with Crippen molar-refractivity contribution < 1.29 is 19.4 Å². The molecule has 0 aromatic rings. The molecule has 1 atom stereocenters. The summed E-state index contributed by atoms with van der Waals surface area (Å²) in [6, 6.07) is -1.03. The van der Waals surface area contributed by atoms with Gasteiger partial charge in [-0.2, -0.15) is 0 Å². The summed E-state index contributed by atoms with van der Waals surface area (Å²) in [6.45, 7) is 2.74. The van der Waals surface area contributed by atoms with Crippen LogP contribution in [0.1, 0.15) is 19.8 Å². The zero-order valence-electron chi connectivity index (χ0n) is 10.5. The average Bonchev–Trinajstić information content (AvgIpc) is 2.36. The number of rotatable bonds is 3. The van der Waals surface area contributed by atoms with E-state index in [4.69, 9.17) is 9.84 Å². The Morgan fingerprint density at radius 2 is 1.94 bits per heavy atom. The lowest BCUT2D eigenvalue weighted by Gasteiger charge is -2.35. The van der Waals surface area contributed by atoms with E-state index in [9.17, 15) is 9.59 Å². The molecular formula is C11H20N2O4. The smallest absolute Gasteiger partial charge is 0.326 e. The van der Waals surface area contributed by atoms with Crippen LogP contribution in [0.25, 0.3) is 0 Å². The SMILES string of the molecule is COC1CCN(C(=O)N(C)C(C)C(=O)O)CC1. The van der Waals surface area contributed by atoms with Crippen molar-refractivity contribution in [1.82, 2.24) is 9.80 Å². The summed E-state index contributed by atoms with van der Waals surface area (Å²) < 4.78 is 5.22. The van der Waals surface area contributed by atoms with E-state index in [2.05, 4.69) is 0 Å². The second kappa shape index (κ2) is 5.86. The van der Waals surface area contributed by atoms with Gasteiger partial charge in [-0.05, 0) is 19.8 Å². The third-order valence-electron chi connectivity index (χ3n) is 3.29. The number of hydrogen-bond donors (Lipinski definition) is 1. The van der Waals surface area contributed by atoms with Crippen LogP contribution in [0.5, 0.6) is 0 Å². The maximum absolute atomic E-state index is 12.0. The maximum Gasteiger partial charge on any atom is 0.326 e. The number of urea groups is 1. The van der Waals surface area contributed by atoms with Crippen molar-refractivity contribution in [3.63, 3.8) is 0 Å². The number of hydrogen-bond acceptors (Lipinski definition) is 3.